The molecular weight excluding hydrogens is 226 g/mol. The average Bonchev–Trinajstić information content (AvgIpc) is 2.88. The van der Waals surface area contributed by atoms with Crippen LogP contribution in [0.4, 0.5) is 0 Å². The number of aromatic nitrogens is 1. The van der Waals surface area contributed by atoms with Crippen LogP contribution >= 0.6 is 0 Å². The second-order valence-corrected chi connectivity index (χ2v) is 5.51. The second kappa shape index (κ2) is 4.86. The van der Waals surface area contributed by atoms with Crippen molar-refractivity contribution < 1.29 is 4.74 Å². The summed E-state index contributed by atoms with van der Waals surface area (Å²) in [6.07, 6.45) is 0. The molecule has 0 aliphatic carbocycles. The maximum atomic E-state index is 5.31. The lowest BCUT2D eigenvalue weighted by molar-refractivity contribution is 0.301. The van der Waals surface area contributed by atoms with Gasteiger partial charge in [-0.3, -0.25) is 9.88 Å². The van der Waals surface area contributed by atoms with E-state index in [9.17, 15) is 0 Å². The quantitative estimate of drug-likeness (QED) is 0.866. The van der Waals surface area contributed by atoms with Crippen molar-refractivity contribution in [3.63, 3.8) is 0 Å². The van der Waals surface area contributed by atoms with Gasteiger partial charge in [0.1, 0.15) is 5.75 Å². The van der Waals surface area contributed by atoms with Gasteiger partial charge in [0, 0.05) is 37.5 Å². The third kappa shape index (κ3) is 2.35. The fourth-order valence-corrected chi connectivity index (χ4v) is 3.21. The third-order valence-electron chi connectivity index (χ3n) is 4.07. The molecular formula is C14H21N3O. The number of rotatable bonds is 3. The molecule has 0 unspecified atom stereocenters. The highest BCUT2D eigenvalue weighted by Crippen LogP contribution is 2.27. The van der Waals surface area contributed by atoms with Crippen molar-refractivity contribution in [3.05, 3.63) is 23.5 Å². The summed E-state index contributed by atoms with van der Waals surface area (Å²) < 4.78 is 5.31. The summed E-state index contributed by atoms with van der Waals surface area (Å²) in [6.45, 7) is 7.75. The van der Waals surface area contributed by atoms with Crippen LogP contribution < -0.4 is 10.1 Å². The summed E-state index contributed by atoms with van der Waals surface area (Å²) in [5.41, 5.74) is 2.16. The number of hydrogen-bond donors (Lipinski definition) is 1. The maximum Gasteiger partial charge on any atom is 0.122 e. The first-order chi connectivity index (χ1) is 8.74. The summed E-state index contributed by atoms with van der Waals surface area (Å²) in [5.74, 6) is 2.60. The number of hydrogen-bond acceptors (Lipinski definition) is 4. The lowest BCUT2D eigenvalue weighted by Crippen LogP contribution is -2.25. The molecule has 0 aromatic carbocycles. The zero-order valence-corrected chi connectivity index (χ0v) is 11.1. The Labute approximate surface area is 108 Å². The summed E-state index contributed by atoms with van der Waals surface area (Å²) in [4.78, 5) is 7.13. The number of nitrogens with zero attached hydrogens (tertiary/aromatic N) is 2. The van der Waals surface area contributed by atoms with Crippen LogP contribution in [0.2, 0.25) is 0 Å². The van der Waals surface area contributed by atoms with E-state index in [2.05, 4.69) is 21.3 Å². The molecule has 0 radical (unpaired) electrons. The van der Waals surface area contributed by atoms with Gasteiger partial charge < -0.3 is 10.1 Å². The first-order valence-electron chi connectivity index (χ1n) is 6.69. The zero-order chi connectivity index (χ0) is 12.5. The molecule has 2 saturated heterocycles. The second-order valence-electron chi connectivity index (χ2n) is 5.51. The monoisotopic (exact) mass is 247 g/mol. The Kier molecular flexibility index (Phi) is 3.22. The molecule has 98 valence electrons. The van der Waals surface area contributed by atoms with Crippen LogP contribution in [0.25, 0.3) is 0 Å². The van der Waals surface area contributed by atoms with Crippen molar-refractivity contribution in [3.8, 4) is 5.75 Å². The van der Waals surface area contributed by atoms with E-state index < -0.39 is 0 Å². The van der Waals surface area contributed by atoms with Gasteiger partial charge in [-0.2, -0.15) is 0 Å². The molecule has 2 atom stereocenters. The van der Waals surface area contributed by atoms with Gasteiger partial charge in [-0.25, -0.2) is 0 Å². The van der Waals surface area contributed by atoms with Crippen molar-refractivity contribution in [2.24, 2.45) is 11.8 Å². The first kappa shape index (κ1) is 11.9. The minimum atomic E-state index is 0.844. The Bertz CT molecular complexity index is 423. The van der Waals surface area contributed by atoms with E-state index in [1.54, 1.807) is 7.11 Å². The standard InChI is InChI=1S/C14H21N3O/c1-10-3-14(18-2)4-13(16-10)9-17-7-11-5-15-6-12(11)8-17/h3-4,11-12,15H,5-9H2,1-2H3/t11-,12+. The summed E-state index contributed by atoms with van der Waals surface area (Å²) >= 11 is 0. The van der Waals surface area contributed by atoms with Crippen LogP contribution in [0.1, 0.15) is 11.4 Å². The third-order valence-corrected chi connectivity index (χ3v) is 4.07. The van der Waals surface area contributed by atoms with E-state index in [1.165, 1.54) is 26.2 Å². The fraction of sp³-hybridized carbons (Fsp3) is 0.643. The molecule has 0 amide bonds. The minimum Gasteiger partial charge on any atom is -0.497 e. The normalized spacial score (nSPS) is 27.4. The number of aryl methyl sites for hydroxylation is 1. The van der Waals surface area contributed by atoms with Gasteiger partial charge >= 0.3 is 0 Å². The van der Waals surface area contributed by atoms with Gasteiger partial charge in [-0.05, 0) is 31.8 Å². The number of likely N-dealkylation sites (tertiary alicyclic amines) is 1. The smallest absolute Gasteiger partial charge is 0.122 e. The van der Waals surface area contributed by atoms with E-state index in [-0.39, 0.29) is 0 Å². The molecule has 1 aromatic heterocycles. The SMILES string of the molecule is COc1cc(C)nc(CN2C[C@H]3CNC[C@H]3C2)c1. The lowest BCUT2D eigenvalue weighted by Gasteiger charge is -2.17. The van der Waals surface area contributed by atoms with E-state index in [4.69, 9.17) is 4.74 Å². The predicted octanol–water partition coefficient (Wildman–Crippen LogP) is 1.05. The first-order valence-corrected chi connectivity index (χ1v) is 6.69. The molecule has 1 aromatic rings. The largest absolute Gasteiger partial charge is 0.497 e. The summed E-state index contributed by atoms with van der Waals surface area (Å²) in [6, 6.07) is 4.03. The zero-order valence-electron chi connectivity index (χ0n) is 11.1. The fourth-order valence-electron chi connectivity index (χ4n) is 3.21. The molecule has 0 spiro atoms. The molecule has 0 saturated carbocycles. The molecule has 2 fully saturated rings. The Morgan fingerprint density at radius 2 is 2.06 bits per heavy atom. The molecule has 2 aliphatic rings. The van der Waals surface area contributed by atoms with Crippen LogP contribution in [0.3, 0.4) is 0 Å². The number of ether oxygens (including phenoxy) is 1. The van der Waals surface area contributed by atoms with Crippen molar-refractivity contribution in [1.82, 2.24) is 15.2 Å². The Hall–Kier alpha value is -1.13. The molecule has 4 heteroatoms. The highest BCUT2D eigenvalue weighted by Gasteiger charge is 2.35. The topological polar surface area (TPSA) is 37.4 Å². The van der Waals surface area contributed by atoms with Crippen LogP contribution in [-0.4, -0.2) is 43.2 Å². The summed E-state index contributed by atoms with van der Waals surface area (Å²) in [5, 5.41) is 3.47. The Balaban J connectivity index is 1.68. The predicted molar refractivity (Wildman–Crippen MR) is 70.7 cm³/mol. The van der Waals surface area contributed by atoms with Gasteiger partial charge in [-0.1, -0.05) is 0 Å². The van der Waals surface area contributed by atoms with Crippen LogP contribution in [0, 0.1) is 18.8 Å². The van der Waals surface area contributed by atoms with Gasteiger partial charge in [0.15, 0.2) is 0 Å². The van der Waals surface area contributed by atoms with Crippen LogP contribution in [-0.2, 0) is 6.54 Å². The van der Waals surface area contributed by atoms with E-state index >= 15 is 0 Å². The van der Waals surface area contributed by atoms with Gasteiger partial charge in [0.25, 0.3) is 0 Å². The molecule has 18 heavy (non-hydrogen) atoms. The highest BCUT2D eigenvalue weighted by atomic mass is 16.5. The van der Waals surface area contributed by atoms with Crippen LogP contribution in [0.15, 0.2) is 12.1 Å². The van der Waals surface area contributed by atoms with Gasteiger partial charge in [0.2, 0.25) is 0 Å². The van der Waals surface area contributed by atoms with Gasteiger partial charge in [0.05, 0.1) is 12.8 Å². The van der Waals surface area contributed by atoms with Crippen LogP contribution in [0.5, 0.6) is 5.75 Å². The lowest BCUT2D eigenvalue weighted by atomic mass is 10.0. The number of pyridine rings is 1. The summed E-state index contributed by atoms with van der Waals surface area (Å²) in [7, 11) is 1.71. The number of nitrogens with one attached hydrogen (secondary N) is 1. The van der Waals surface area contributed by atoms with Crippen molar-refractivity contribution in [2.45, 2.75) is 13.5 Å². The number of methoxy groups -OCH3 is 1. The maximum absolute atomic E-state index is 5.31. The number of fused-ring (bicyclic) bond motifs is 1. The molecule has 1 N–H and O–H groups in total. The Morgan fingerprint density at radius 3 is 2.72 bits per heavy atom. The molecule has 4 nitrogen and oxygen atoms in total. The van der Waals surface area contributed by atoms with Crippen molar-refractivity contribution in [2.75, 3.05) is 33.3 Å². The van der Waals surface area contributed by atoms with Crippen molar-refractivity contribution >= 4 is 0 Å². The van der Waals surface area contributed by atoms with Crippen molar-refractivity contribution in [1.29, 1.82) is 0 Å². The molecule has 3 rings (SSSR count). The Morgan fingerprint density at radius 1 is 1.33 bits per heavy atom. The average molecular weight is 247 g/mol. The van der Waals surface area contributed by atoms with E-state index in [0.29, 0.717) is 0 Å². The molecule has 3 heterocycles. The molecule has 0 bridgehead atoms. The molecule has 2 aliphatic heterocycles. The highest BCUT2D eigenvalue weighted by molar-refractivity contribution is 5.26. The van der Waals surface area contributed by atoms with E-state index in [1.807, 2.05) is 13.0 Å². The van der Waals surface area contributed by atoms with E-state index in [0.717, 1.165) is 35.5 Å². The minimum absolute atomic E-state index is 0.844. The van der Waals surface area contributed by atoms with Gasteiger partial charge in [-0.15, -0.1) is 0 Å².